The fraction of sp³-hybridized carbons (Fsp3) is 0.391. The fourth-order valence-electron chi connectivity index (χ4n) is 3.53. The zero-order valence-electron chi connectivity index (χ0n) is 17.3. The van der Waals surface area contributed by atoms with E-state index in [-0.39, 0.29) is 24.3 Å². The molecule has 3 rings (SSSR count). The number of rotatable bonds is 7. The summed E-state index contributed by atoms with van der Waals surface area (Å²) in [6.45, 7) is 6.00. The average Bonchev–Trinajstić information content (AvgIpc) is 2.71. The van der Waals surface area contributed by atoms with Crippen molar-refractivity contribution in [1.82, 2.24) is 15.1 Å². The number of nitrogens with zero attached hydrogens (tertiary/aromatic N) is 2. The molecular formula is C23H29N3O3. The maximum absolute atomic E-state index is 12.7. The van der Waals surface area contributed by atoms with E-state index in [1.807, 2.05) is 54.6 Å². The summed E-state index contributed by atoms with van der Waals surface area (Å²) in [5.41, 5.74) is 1.01. The van der Waals surface area contributed by atoms with Crippen LogP contribution in [-0.4, -0.2) is 53.8 Å². The van der Waals surface area contributed by atoms with Gasteiger partial charge in [-0.05, 0) is 43.7 Å². The maximum atomic E-state index is 12.7. The van der Waals surface area contributed by atoms with Crippen LogP contribution in [0.5, 0.6) is 11.5 Å². The van der Waals surface area contributed by atoms with E-state index in [0.29, 0.717) is 13.1 Å². The normalized spacial score (nSPS) is 17.1. The first-order valence-electron chi connectivity index (χ1n) is 10.0. The molecule has 1 aliphatic rings. The lowest BCUT2D eigenvalue weighted by Gasteiger charge is -2.38. The molecule has 0 spiro atoms. The highest BCUT2D eigenvalue weighted by Crippen LogP contribution is 2.22. The molecule has 2 amide bonds. The summed E-state index contributed by atoms with van der Waals surface area (Å²) in [5.74, 6) is 1.44. The van der Waals surface area contributed by atoms with Crippen molar-refractivity contribution >= 4 is 11.8 Å². The van der Waals surface area contributed by atoms with E-state index in [1.54, 1.807) is 11.9 Å². The Labute approximate surface area is 172 Å². The molecule has 0 saturated carbocycles. The first-order chi connectivity index (χ1) is 13.9. The Morgan fingerprint density at radius 2 is 1.79 bits per heavy atom. The highest BCUT2D eigenvalue weighted by Gasteiger charge is 2.33. The second kappa shape index (κ2) is 9.56. The number of amides is 2. The molecular weight excluding hydrogens is 366 g/mol. The van der Waals surface area contributed by atoms with Gasteiger partial charge >= 0.3 is 0 Å². The van der Waals surface area contributed by atoms with Gasteiger partial charge < -0.3 is 15.0 Å². The third-order valence-corrected chi connectivity index (χ3v) is 5.15. The summed E-state index contributed by atoms with van der Waals surface area (Å²) < 4.78 is 5.80. The van der Waals surface area contributed by atoms with Gasteiger partial charge in [-0.1, -0.05) is 30.3 Å². The van der Waals surface area contributed by atoms with E-state index in [2.05, 4.69) is 24.1 Å². The highest BCUT2D eigenvalue weighted by atomic mass is 16.5. The van der Waals surface area contributed by atoms with Crippen LogP contribution in [0.1, 0.15) is 25.8 Å². The van der Waals surface area contributed by atoms with E-state index >= 15 is 0 Å². The molecule has 0 aromatic heterocycles. The molecule has 29 heavy (non-hydrogen) atoms. The number of piperazine rings is 1. The van der Waals surface area contributed by atoms with Crippen LogP contribution in [0.15, 0.2) is 54.6 Å². The zero-order valence-corrected chi connectivity index (χ0v) is 17.3. The second-order valence-electron chi connectivity index (χ2n) is 7.65. The lowest BCUT2D eigenvalue weighted by molar-refractivity contribution is -0.139. The standard InChI is InChI=1S/C23H29N3O3/c1-17(2)26-14-13-24-23(28)21(26)15-22(27)25(3)16-18-9-11-20(12-10-18)29-19-7-5-4-6-8-19/h4-12,17,21H,13-16H2,1-3H3,(H,24,28). The van der Waals surface area contributed by atoms with Crippen LogP contribution in [0, 0.1) is 0 Å². The van der Waals surface area contributed by atoms with Crippen molar-refractivity contribution in [2.24, 2.45) is 0 Å². The van der Waals surface area contributed by atoms with E-state index in [0.717, 1.165) is 23.6 Å². The predicted octanol–water partition coefficient (Wildman–Crippen LogP) is 3.04. The van der Waals surface area contributed by atoms with Crippen molar-refractivity contribution in [3.05, 3.63) is 60.2 Å². The van der Waals surface area contributed by atoms with Crippen LogP contribution in [0.3, 0.4) is 0 Å². The van der Waals surface area contributed by atoms with Crippen molar-refractivity contribution < 1.29 is 14.3 Å². The Hall–Kier alpha value is -2.86. The molecule has 1 fully saturated rings. The number of hydrogen-bond donors (Lipinski definition) is 1. The summed E-state index contributed by atoms with van der Waals surface area (Å²) in [7, 11) is 1.77. The number of carbonyl (C=O) groups excluding carboxylic acids is 2. The lowest BCUT2D eigenvalue weighted by Crippen LogP contribution is -2.58. The molecule has 2 aromatic rings. The lowest BCUT2D eigenvalue weighted by atomic mass is 10.1. The van der Waals surface area contributed by atoms with Crippen molar-refractivity contribution in [1.29, 1.82) is 0 Å². The van der Waals surface area contributed by atoms with Gasteiger partial charge in [-0.25, -0.2) is 0 Å². The average molecular weight is 396 g/mol. The minimum absolute atomic E-state index is 0.0395. The van der Waals surface area contributed by atoms with E-state index in [9.17, 15) is 9.59 Å². The molecule has 6 heteroatoms. The third kappa shape index (κ3) is 5.57. The van der Waals surface area contributed by atoms with Gasteiger partial charge in [0.15, 0.2) is 0 Å². The van der Waals surface area contributed by atoms with Gasteiger partial charge in [-0.3, -0.25) is 14.5 Å². The molecule has 6 nitrogen and oxygen atoms in total. The molecule has 2 aromatic carbocycles. The molecule has 154 valence electrons. The fourth-order valence-corrected chi connectivity index (χ4v) is 3.53. The summed E-state index contributed by atoms with van der Waals surface area (Å²) >= 11 is 0. The summed E-state index contributed by atoms with van der Waals surface area (Å²) in [5, 5.41) is 2.87. The summed E-state index contributed by atoms with van der Waals surface area (Å²) in [4.78, 5) is 28.8. The van der Waals surface area contributed by atoms with Gasteiger partial charge in [0.25, 0.3) is 0 Å². The van der Waals surface area contributed by atoms with Gasteiger partial charge in [0.1, 0.15) is 11.5 Å². The Bertz CT molecular complexity index is 821. The first-order valence-corrected chi connectivity index (χ1v) is 10.0. The number of ether oxygens (including phenoxy) is 1. The molecule has 0 radical (unpaired) electrons. The second-order valence-corrected chi connectivity index (χ2v) is 7.65. The van der Waals surface area contributed by atoms with Crippen LogP contribution in [0.25, 0.3) is 0 Å². The SMILES string of the molecule is CC(C)N1CCNC(=O)C1CC(=O)N(C)Cc1ccc(Oc2ccccc2)cc1. The zero-order chi connectivity index (χ0) is 20.8. The molecule has 1 aliphatic heterocycles. The van der Waals surface area contributed by atoms with E-state index < -0.39 is 6.04 Å². The van der Waals surface area contributed by atoms with E-state index in [4.69, 9.17) is 4.74 Å². The van der Waals surface area contributed by atoms with E-state index in [1.165, 1.54) is 0 Å². The summed E-state index contributed by atoms with van der Waals surface area (Å²) in [6.07, 6.45) is 0.190. The van der Waals surface area contributed by atoms with Gasteiger partial charge in [-0.15, -0.1) is 0 Å². The monoisotopic (exact) mass is 395 g/mol. The summed E-state index contributed by atoms with van der Waals surface area (Å²) in [6, 6.07) is 17.1. The minimum Gasteiger partial charge on any atom is -0.457 e. The predicted molar refractivity (Wildman–Crippen MR) is 113 cm³/mol. The highest BCUT2D eigenvalue weighted by molar-refractivity contribution is 5.88. The van der Waals surface area contributed by atoms with Crippen LogP contribution in [0.4, 0.5) is 0 Å². The Kier molecular flexibility index (Phi) is 6.88. The molecule has 1 unspecified atom stereocenters. The van der Waals surface area contributed by atoms with Crippen molar-refractivity contribution in [3.63, 3.8) is 0 Å². The minimum atomic E-state index is -0.402. The molecule has 1 N–H and O–H groups in total. The Balaban J connectivity index is 1.57. The van der Waals surface area contributed by atoms with Crippen molar-refractivity contribution in [3.8, 4) is 11.5 Å². The molecule has 0 aliphatic carbocycles. The number of nitrogens with one attached hydrogen (secondary N) is 1. The van der Waals surface area contributed by atoms with Crippen molar-refractivity contribution in [2.45, 2.75) is 38.9 Å². The number of benzene rings is 2. The quantitative estimate of drug-likeness (QED) is 0.783. The van der Waals surface area contributed by atoms with Crippen LogP contribution < -0.4 is 10.1 Å². The van der Waals surface area contributed by atoms with Gasteiger partial charge in [0.05, 0.1) is 12.5 Å². The first kappa shape index (κ1) is 20.9. The van der Waals surface area contributed by atoms with Crippen LogP contribution >= 0.6 is 0 Å². The largest absolute Gasteiger partial charge is 0.457 e. The number of carbonyl (C=O) groups is 2. The van der Waals surface area contributed by atoms with Crippen LogP contribution in [0.2, 0.25) is 0 Å². The number of hydrogen-bond acceptors (Lipinski definition) is 4. The smallest absolute Gasteiger partial charge is 0.237 e. The topological polar surface area (TPSA) is 61.9 Å². The Morgan fingerprint density at radius 3 is 2.45 bits per heavy atom. The Morgan fingerprint density at radius 1 is 1.14 bits per heavy atom. The van der Waals surface area contributed by atoms with Crippen molar-refractivity contribution in [2.75, 3.05) is 20.1 Å². The van der Waals surface area contributed by atoms with Gasteiger partial charge in [0.2, 0.25) is 11.8 Å². The number of para-hydroxylation sites is 1. The molecule has 1 saturated heterocycles. The van der Waals surface area contributed by atoms with Crippen LogP contribution in [-0.2, 0) is 16.1 Å². The third-order valence-electron chi connectivity index (χ3n) is 5.15. The van der Waals surface area contributed by atoms with Gasteiger partial charge in [-0.2, -0.15) is 0 Å². The molecule has 1 atom stereocenters. The molecule has 1 heterocycles. The van der Waals surface area contributed by atoms with Gasteiger partial charge in [0, 0.05) is 32.7 Å². The molecule has 0 bridgehead atoms. The maximum Gasteiger partial charge on any atom is 0.237 e.